The Labute approximate surface area is 123 Å². The third kappa shape index (κ3) is 3.44. The third-order valence-corrected chi connectivity index (χ3v) is 3.17. The van der Waals surface area contributed by atoms with E-state index in [1.807, 2.05) is 18.2 Å². The van der Waals surface area contributed by atoms with E-state index in [0.717, 1.165) is 3.57 Å². The van der Waals surface area contributed by atoms with E-state index in [1.54, 1.807) is 6.07 Å². The fraction of sp³-hybridized carbons (Fsp3) is 0.0714. The topological polar surface area (TPSA) is 38.3 Å². The molecule has 0 unspecified atom stereocenters. The van der Waals surface area contributed by atoms with Gasteiger partial charge in [0.25, 0.3) is 5.91 Å². The second-order valence-corrected chi connectivity index (χ2v) is 5.06. The molecule has 0 aliphatic rings. The summed E-state index contributed by atoms with van der Waals surface area (Å²) in [5.41, 5.74) is 1.04. The molecule has 2 rings (SSSR count). The number of amides is 1. The molecule has 1 N–H and O–H groups in total. The van der Waals surface area contributed by atoms with Crippen molar-refractivity contribution >= 4 is 34.2 Å². The fourth-order valence-corrected chi connectivity index (χ4v) is 2.11. The first-order valence-electron chi connectivity index (χ1n) is 5.50. The quantitative estimate of drug-likeness (QED) is 0.836. The molecular formula is C14H11FINO2. The molecule has 2 aromatic carbocycles. The van der Waals surface area contributed by atoms with Crippen LogP contribution >= 0.6 is 22.6 Å². The number of carbonyl (C=O) groups excluding carboxylic acids is 1. The van der Waals surface area contributed by atoms with Crippen LogP contribution in [0.2, 0.25) is 0 Å². The first-order chi connectivity index (χ1) is 9.10. The van der Waals surface area contributed by atoms with Crippen molar-refractivity contribution in [2.24, 2.45) is 0 Å². The molecule has 0 radical (unpaired) electrons. The molecule has 5 heteroatoms. The number of nitrogens with one attached hydrogen (secondary N) is 1. The van der Waals surface area contributed by atoms with Crippen molar-refractivity contribution in [1.29, 1.82) is 0 Å². The van der Waals surface area contributed by atoms with Gasteiger partial charge >= 0.3 is 0 Å². The molecule has 0 atom stereocenters. The maximum absolute atomic E-state index is 13.3. The van der Waals surface area contributed by atoms with Gasteiger partial charge in [0, 0.05) is 14.8 Å². The highest BCUT2D eigenvalue weighted by atomic mass is 127. The molecule has 0 saturated heterocycles. The summed E-state index contributed by atoms with van der Waals surface area (Å²) >= 11 is 2.16. The molecule has 0 aliphatic carbocycles. The van der Waals surface area contributed by atoms with E-state index in [1.165, 1.54) is 25.3 Å². The van der Waals surface area contributed by atoms with Gasteiger partial charge in [0.2, 0.25) is 0 Å². The van der Waals surface area contributed by atoms with Gasteiger partial charge in [0.15, 0.2) is 11.6 Å². The van der Waals surface area contributed by atoms with Gasteiger partial charge in [-0.1, -0.05) is 6.07 Å². The number of ether oxygens (including phenoxy) is 1. The molecule has 0 fully saturated rings. The Morgan fingerprint density at radius 3 is 2.74 bits per heavy atom. The van der Waals surface area contributed by atoms with Crippen molar-refractivity contribution in [3.05, 3.63) is 57.4 Å². The SMILES string of the molecule is COc1cc(C(=O)Nc2cccc(I)c2)ccc1F. The Balaban J connectivity index is 2.20. The van der Waals surface area contributed by atoms with Crippen LogP contribution in [0.3, 0.4) is 0 Å². The fourth-order valence-electron chi connectivity index (χ4n) is 1.57. The zero-order chi connectivity index (χ0) is 13.8. The molecular weight excluding hydrogens is 360 g/mol. The molecule has 0 spiro atoms. The van der Waals surface area contributed by atoms with Crippen LogP contribution in [0.5, 0.6) is 5.75 Å². The number of rotatable bonds is 3. The number of halogens is 2. The van der Waals surface area contributed by atoms with Gasteiger partial charge < -0.3 is 10.1 Å². The number of hydrogen-bond donors (Lipinski definition) is 1. The lowest BCUT2D eigenvalue weighted by molar-refractivity contribution is 0.102. The van der Waals surface area contributed by atoms with Crippen LogP contribution in [0.1, 0.15) is 10.4 Å². The zero-order valence-electron chi connectivity index (χ0n) is 10.1. The van der Waals surface area contributed by atoms with Gasteiger partial charge in [0.1, 0.15) is 0 Å². The molecule has 0 aromatic heterocycles. The molecule has 1 amide bonds. The molecule has 98 valence electrons. The smallest absolute Gasteiger partial charge is 0.255 e. The summed E-state index contributed by atoms with van der Waals surface area (Å²) in [6.07, 6.45) is 0. The van der Waals surface area contributed by atoms with Gasteiger partial charge in [-0.25, -0.2) is 4.39 Å². The summed E-state index contributed by atoms with van der Waals surface area (Å²) in [5.74, 6) is -0.746. The average Bonchev–Trinajstić information content (AvgIpc) is 2.39. The van der Waals surface area contributed by atoms with Gasteiger partial charge in [0.05, 0.1) is 7.11 Å². The van der Waals surface area contributed by atoms with Gasteiger partial charge in [-0.05, 0) is 59.0 Å². The average molecular weight is 371 g/mol. The van der Waals surface area contributed by atoms with Crippen LogP contribution in [-0.2, 0) is 0 Å². The van der Waals surface area contributed by atoms with Crippen LogP contribution in [0.4, 0.5) is 10.1 Å². The number of hydrogen-bond acceptors (Lipinski definition) is 2. The maximum Gasteiger partial charge on any atom is 0.255 e. The monoisotopic (exact) mass is 371 g/mol. The second kappa shape index (κ2) is 6.01. The number of benzene rings is 2. The van der Waals surface area contributed by atoms with E-state index in [-0.39, 0.29) is 11.7 Å². The summed E-state index contributed by atoms with van der Waals surface area (Å²) in [6, 6.07) is 11.4. The van der Waals surface area contributed by atoms with Gasteiger partial charge in [-0.15, -0.1) is 0 Å². The van der Waals surface area contributed by atoms with Crippen molar-refractivity contribution in [2.45, 2.75) is 0 Å². The third-order valence-electron chi connectivity index (χ3n) is 2.50. The zero-order valence-corrected chi connectivity index (χ0v) is 12.3. The van der Waals surface area contributed by atoms with Crippen molar-refractivity contribution in [2.75, 3.05) is 12.4 Å². The minimum atomic E-state index is -0.492. The first-order valence-corrected chi connectivity index (χ1v) is 6.58. The van der Waals surface area contributed by atoms with Crippen molar-refractivity contribution in [3.8, 4) is 5.75 Å². The predicted molar refractivity (Wildman–Crippen MR) is 80.1 cm³/mol. The molecule has 2 aromatic rings. The van der Waals surface area contributed by atoms with Crippen molar-refractivity contribution in [1.82, 2.24) is 0 Å². The normalized spacial score (nSPS) is 10.1. The Bertz CT molecular complexity index is 616. The van der Waals surface area contributed by atoms with Gasteiger partial charge in [-0.2, -0.15) is 0 Å². The van der Waals surface area contributed by atoms with E-state index in [4.69, 9.17) is 4.74 Å². The Morgan fingerprint density at radius 1 is 1.26 bits per heavy atom. The van der Waals surface area contributed by atoms with Crippen LogP contribution in [0.25, 0.3) is 0 Å². The minimum Gasteiger partial charge on any atom is -0.494 e. The second-order valence-electron chi connectivity index (χ2n) is 3.81. The number of anilines is 1. The van der Waals surface area contributed by atoms with E-state index >= 15 is 0 Å². The van der Waals surface area contributed by atoms with Crippen LogP contribution in [0, 0.1) is 9.39 Å². The summed E-state index contributed by atoms with van der Waals surface area (Å²) < 4.78 is 19.1. The van der Waals surface area contributed by atoms with Crippen LogP contribution in [0.15, 0.2) is 42.5 Å². The summed E-state index contributed by atoms with van der Waals surface area (Å²) in [7, 11) is 1.36. The van der Waals surface area contributed by atoms with Crippen molar-refractivity contribution < 1.29 is 13.9 Å². The summed E-state index contributed by atoms with van der Waals surface area (Å²) in [5, 5.41) is 2.75. The van der Waals surface area contributed by atoms with E-state index in [9.17, 15) is 9.18 Å². The van der Waals surface area contributed by atoms with E-state index < -0.39 is 5.82 Å². The van der Waals surface area contributed by atoms with E-state index in [2.05, 4.69) is 27.9 Å². The van der Waals surface area contributed by atoms with Crippen LogP contribution < -0.4 is 10.1 Å². The van der Waals surface area contributed by atoms with Crippen LogP contribution in [-0.4, -0.2) is 13.0 Å². The summed E-state index contributed by atoms with van der Waals surface area (Å²) in [6.45, 7) is 0. The Hall–Kier alpha value is -1.63. The largest absolute Gasteiger partial charge is 0.494 e. The highest BCUT2D eigenvalue weighted by molar-refractivity contribution is 14.1. The lowest BCUT2D eigenvalue weighted by Crippen LogP contribution is -2.12. The van der Waals surface area contributed by atoms with Gasteiger partial charge in [-0.3, -0.25) is 4.79 Å². The molecule has 0 heterocycles. The Kier molecular flexibility index (Phi) is 4.36. The molecule has 19 heavy (non-hydrogen) atoms. The molecule has 3 nitrogen and oxygen atoms in total. The van der Waals surface area contributed by atoms with E-state index in [0.29, 0.717) is 11.3 Å². The lowest BCUT2D eigenvalue weighted by Gasteiger charge is -2.07. The molecule has 0 bridgehead atoms. The Morgan fingerprint density at radius 2 is 2.05 bits per heavy atom. The summed E-state index contributed by atoms with van der Waals surface area (Å²) in [4.78, 5) is 12.0. The number of carbonyl (C=O) groups is 1. The predicted octanol–water partition coefficient (Wildman–Crippen LogP) is 3.69. The highest BCUT2D eigenvalue weighted by Gasteiger charge is 2.10. The molecule has 0 saturated carbocycles. The highest BCUT2D eigenvalue weighted by Crippen LogP contribution is 2.19. The lowest BCUT2D eigenvalue weighted by atomic mass is 10.2. The minimum absolute atomic E-state index is 0.0512. The molecule has 0 aliphatic heterocycles. The first kappa shape index (κ1) is 13.8. The van der Waals surface area contributed by atoms with Crippen molar-refractivity contribution in [3.63, 3.8) is 0 Å². The standard InChI is InChI=1S/C14H11FINO2/c1-19-13-7-9(5-6-12(13)15)14(18)17-11-4-2-3-10(16)8-11/h2-8H,1H3,(H,17,18). The number of methoxy groups -OCH3 is 1. The maximum atomic E-state index is 13.3.